The SMILES string of the molecule is Cc1ccc(N2CC(C(=O)NCc3ccccc3)CC2=O)cc1F. The van der Waals surface area contributed by atoms with E-state index in [4.69, 9.17) is 0 Å². The molecule has 1 saturated heterocycles. The van der Waals surface area contributed by atoms with Crippen molar-refractivity contribution in [2.75, 3.05) is 11.4 Å². The van der Waals surface area contributed by atoms with E-state index >= 15 is 0 Å². The Morgan fingerprint density at radius 3 is 2.71 bits per heavy atom. The lowest BCUT2D eigenvalue weighted by Gasteiger charge is -2.17. The maximum atomic E-state index is 13.7. The maximum Gasteiger partial charge on any atom is 0.227 e. The number of nitrogens with one attached hydrogen (secondary N) is 1. The van der Waals surface area contributed by atoms with Gasteiger partial charge in [-0.05, 0) is 30.2 Å². The zero-order valence-electron chi connectivity index (χ0n) is 13.5. The van der Waals surface area contributed by atoms with E-state index in [1.807, 2.05) is 30.3 Å². The first-order valence-corrected chi connectivity index (χ1v) is 7.93. The third-order valence-electron chi connectivity index (χ3n) is 4.27. The number of hydrogen-bond donors (Lipinski definition) is 1. The van der Waals surface area contributed by atoms with Crippen LogP contribution in [0.3, 0.4) is 0 Å². The molecule has 3 rings (SSSR count). The molecule has 0 spiro atoms. The van der Waals surface area contributed by atoms with E-state index < -0.39 is 5.92 Å². The van der Waals surface area contributed by atoms with E-state index in [-0.39, 0.29) is 30.6 Å². The molecule has 2 aromatic rings. The molecule has 124 valence electrons. The van der Waals surface area contributed by atoms with E-state index in [1.54, 1.807) is 19.1 Å². The summed E-state index contributed by atoms with van der Waals surface area (Å²) in [6, 6.07) is 14.3. The minimum Gasteiger partial charge on any atom is -0.352 e. The molecule has 2 aromatic carbocycles. The molecule has 0 radical (unpaired) electrons. The van der Waals surface area contributed by atoms with Crippen LogP contribution >= 0.6 is 0 Å². The molecule has 1 N–H and O–H groups in total. The lowest BCUT2D eigenvalue weighted by molar-refractivity contribution is -0.126. The summed E-state index contributed by atoms with van der Waals surface area (Å²) in [5, 5.41) is 2.86. The number of halogens is 1. The van der Waals surface area contributed by atoms with Gasteiger partial charge in [-0.15, -0.1) is 0 Å². The zero-order chi connectivity index (χ0) is 17.1. The van der Waals surface area contributed by atoms with Gasteiger partial charge in [0.2, 0.25) is 11.8 Å². The lowest BCUT2D eigenvalue weighted by Crippen LogP contribution is -2.32. The zero-order valence-corrected chi connectivity index (χ0v) is 13.5. The Hall–Kier alpha value is -2.69. The fourth-order valence-corrected chi connectivity index (χ4v) is 2.81. The first-order chi connectivity index (χ1) is 11.5. The Morgan fingerprint density at radius 2 is 2.00 bits per heavy atom. The van der Waals surface area contributed by atoms with Gasteiger partial charge in [0.1, 0.15) is 5.82 Å². The highest BCUT2D eigenvalue weighted by atomic mass is 19.1. The molecule has 24 heavy (non-hydrogen) atoms. The standard InChI is InChI=1S/C19H19FN2O2/c1-13-7-8-16(10-17(13)20)22-12-15(9-18(22)23)19(24)21-11-14-5-3-2-4-6-14/h2-8,10,15H,9,11-12H2,1H3,(H,21,24). The Bertz CT molecular complexity index is 761. The highest BCUT2D eigenvalue weighted by molar-refractivity contribution is 6.00. The number of amides is 2. The van der Waals surface area contributed by atoms with Crippen molar-refractivity contribution < 1.29 is 14.0 Å². The predicted octanol–water partition coefficient (Wildman–Crippen LogP) is 2.80. The van der Waals surface area contributed by atoms with Crippen molar-refractivity contribution in [1.82, 2.24) is 5.32 Å². The average molecular weight is 326 g/mol. The first kappa shape index (κ1) is 16.2. The highest BCUT2D eigenvalue weighted by Gasteiger charge is 2.35. The van der Waals surface area contributed by atoms with Crippen LogP contribution in [0.1, 0.15) is 17.5 Å². The van der Waals surface area contributed by atoms with Crippen LogP contribution in [-0.2, 0) is 16.1 Å². The summed E-state index contributed by atoms with van der Waals surface area (Å²) in [7, 11) is 0. The number of benzene rings is 2. The second-order valence-corrected chi connectivity index (χ2v) is 6.04. The van der Waals surface area contributed by atoms with Crippen molar-refractivity contribution in [2.24, 2.45) is 5.92 Å². The normalized spacial score (nSPS) is 17.2. The van der Waals surface area contributed by atoms with E-state index in [0.29, 0.717) is 17.8 Å². The first-order valence-electron chi connectivity index (χ1n) is 7.93. The molecule has 1 atom stereocenters. The van der Waals surface area contributed by atoms with Gasteiger partial charge in [-0.25, -0.2) is 4.39 Å². The van der Waals surface area contributed by atoms with Crippen LogP contribution in [0.2, 0.25) is 0 Å². The molecule has 0 saturated carbocycles. The summed E-state index contributed by atoms with van der Waals surface area (Å²) in [6.07, 6.45) is 0.149. The molecule has 1 heterocycles. The van der Waals surface area contributed by atoms with Crippen LogP contribution in [0.5, 0.6) is 0 Å². The fraction of sp³-hybridized carbons (Fsp3) is 0.263. The number of nitrogens with zero attached hydrogens (tertiary/aromatic N) is 1. The molecule has 0 aliphatic carbocycles. The number of carbonyl (C=O) groups excluding carboxylic acids is 2. The Balaban J connectivity index is 1.63. The van der Waals surface area contributed by atoms with E-state index in [1.165, 1.54) is 11.0 Å². The number of hydrogen-bond acceptors (Lipinski definition) is 2. The van der Waals surface area contributed by atoms with Gasteiger partial charge in [0.05, 0.1) is 5.92 Å². The van der Waals surface area contributed by atoms with Crippen molar-refractivity contribution in [3.63, 3.8) is 0 Å². The summed E-state index contributed by atoms with van der Waals surface area (Å²) in [5.74, 6) is -1.07. The molecule has 0 bridgehead atoms. The third-order valence-corrected chi connectivity index (χ3v) is 4.27. The molecule has 1 aliphatic heterocycles. The van der Waals surface area contributed by atoms with E-state index in [2.05, 4.69) is 5.32 Å². The smallest absolute Gasteiger partial charge is 0.227 e. The molecule has 1 fully saturated rings. The lowest BCUT2D eigenvalue weighted by atomic mass is 10.1. The molecule has 4 nitrogen and oxygen atoms in total. The molecular weight excluding hydrogens is 307 g/mol. The van der Waals surface area contributed by atoms with Gasteiger partial charge in [-0.3, -0.25) is 9.59 Å². The largest absolute Gasteiger partial charge is 0.352 e. The molecule has 5 heteroatoms. The second kappa shape index (κ2) is 6.83. The van der Waals surface area contributed by atoms with Gasteiger partial charge in [0.25, 0.3) is 0 Å². The number of aryl methyl sites for hydroxylation is 1. The molecule has 1 aliphatic rings. The number of anilines is 1. The monoisotopic (exact) mass is 326 g/mol. The summed E-state index contributed by atoms with van der Waals surface area (Å²) in [4.78, 5) is 26.0. The van der Waals surface area contributed by atoms with Gasteiger partial charge in [-0.2, -0.15) is 0 Å². The van der Waals surface area contributed by atoms with Gasteiger partial charge >= 0.3 is 0 Å². The summed E-state index contributed by atoms with van der Waals surface area (Å²) in [6.45, 7) is 2.39. The topological polar surface area (TPSA) is 49.4 Å². The van der Waals surface area contributed by atoms with Crippen molar-refractivity contribution in [3.8, 4) is 0 Å². The van der Waals surface area contributed by atoms with Gasteiger partial charge in [0, 0.05) is 25.2 Å². The van der Waals surface area contributed by atoms with Crippen LogP contribution in [0.15, 0.2) is 48.5 Å². The highest BCUT2D eigenvalue weighted by Crippen LogP contribution is 2.26. The summed E-state index contributed by atoms with van der Waals surface area (Å²) < 4.78 is 13.7. The molecule has 2 amide bonds. The minimum absolute atomic E-state index is 0.149. The molecule has 0 aromatic heterocycles. The van der Waals surface area contributed by atoms with Crippen molar-refractivity contribution in [1.29, 1.82) is 0 Å². The van der Waals surface area contributed by atoms with Gasteiger partial charge in [-0.1, -0.05) is 36.4 Å². The quantitative estimate of drug-likeness (QED) is 0.939. The third kappa shape index (κ3) is 3.45. The molecule has 1 unspecified atom stereocenters. The van der Waals surface area contributed by atoms with E-state index in [0.717, 1.165) is 5.56 Å². The Morgan fingerprint density at radius 1 is 1.25 bits per heavy atom. The van der Waals surface area contributed by atoms with Crippen molar-refractivity contribution >= 4 is 17.5 Å². The number of rotatable bonds is 4. The van der Waals surface area contributed by atoms with Crippen LogP contribution in [0, 0.1) is 18.7 Å². The predicted molar refractivity (Wildman–Crippen MR) is 89.9 cm³/mol. The van der Waals surface area contributed by atoms with E-state index in [9.17, 15) is 14.0 Å². The van der Waals surface area contributed by atoms with Crippen LogP contribution in [0.25, 0.3) is 0 Å². The van der Waals surface area contributed by atoms with Crippen molar-refractivity contribution in [3.05, 3.63) is 65.5 Å². The minimum atomic E-state index is -0.412. The maximum absolute atomic E-state index is 13.7. The van der Waals surface area contributed by atoms with Gasteiger partial charge < -0.3 is 10.2 Å². The number of carbonyl (C=O) groups is 2. The van der Waals surface area contributed by atoms with Crippen LogP contribution in [-0.4, -0.2) is 18.4 Å². The fourth-order valence-electron chi connectivity index (χ4n) is 2.81. The van der Waals surface area contributed by atoms with Crippen LogP contribution in [0.4, 0.5) is 10.1 Å². The van der Waals surface area contributed by atoms with Crippen LogP contribution < -0.4 is 10.2 Å². The molecular formula is C19H19FN2O2. The summed E-state index contributed by atoms with van der Waals surface area (Å²) >= 11 is 0. The van der Waals surface area contributed by atoms with Crippen molar-refractivity contribution in [2.45, 2.75) is 19.9 Å². The second-order valence-electron chi connectivity index (χ2n) is 6.04. The van der Waals surface area contributed by atoms with Gasteiger partial charge in [0.15, 0.2) is 0 Å². The average Bonchev–Trinajstić information content (AvgIpc) is 2.98. The Kier molecular flexibility index (Phi) is 4.60. The summed E-state index contributed by atoms with van der Waals surface area (Å²) in [5.41, 5.74) is 2.04. The Labute approximate surface area is 140 Å².